The van der Waals surface area contributed by atoms with Gasteiger partial charge in [0.15, 0.2) is 0 Å². The molecule has 0 heterocycles. The summed E-state index contributed by atoms with van der Waals surface area (Å²) in [5, 5.41) is 20.0. The zero-order chi connectivity index (χ0) is 15.3. The molecule has 1 N–H and O–H groups in total. The Balaban J connectivity index is 2.44. The second-order valence-electron chi connectivity index (χ2n) is 4.65. The van der Waals surface area contributed by atoms with Crippen molar-refractivity contribution in [2.24, 2.45) is 0 Å². The summed E-state index contributed by atoms with van der Waals surface area (Å²) in [6, 6.07) is 16.2. The van der Waals surface area contributed by atoms with E-state index in [9.17, 15) is 5.11 Å². The van der Waals surface area contributed by atoms with Crippen LogP contribution in [0.4, 0.5) is 0 Å². The standard InChI is InChI=1S/C17H17NO3/c1-20-15-7-3-13(4-8-15)17(19,11-12-18)14-5-9-16(21-2)10-6-14/h3-10,19H,11H2,1-2H3. The molecule has 0 atom stereocenters. The SMILES string of the molecule is COc1ccc(C(O)(CC#N)c2ccc(OC)cc2)cc1. The fraction of sp³-hybridized carbons (Fsp3) is 0.235. The third-order valence-electron chi connectivity index (χ3n) is 3.47. The van der Waals surface area contributed by atoms with Crippen molar-refractivity contribution >= 4 is 0 Å². The molecule has 4 heteroatoms. The summed E-state index contributed by atoms with van der Waals surface area (Å²) in [5.74, 6) is 1.40. The number of hydrogen-bond donors (Lipinski definition) is 1. The second-order valence-corrected chi connectivity index (χ2v) is 4.65. The minimum absolute atomic E-state index is 0.0361. The van der Waals surface area contributed by atoms with Crippen molar-refractivity contribution in [3.8, 4) is 17.6 Å². The Kier molecular flexibility index (Phi) is 4.46. The molecule has 4 nitrogen and oxygen atoms in total. The molecule has 21 heavy (non-hydrogen) atoms. The molecule has 0 aromatic heterocycles. The molecule has 0 saturated heterocycles. The highest BCUT2D eigenvalue weighted by molar-refractivity contribution is 5.41. The summed E-state index contributed by atoms with van der Waals surface area (Å²) in [5.41, 5.74) is -0.0575. The van der Waals surface area contributed by atoms with Gasteiger partial charge in [0.1, 0.15) is 17.1 Å². The van der Waals surface area contributed by atoms with Gasteiger partial charge in [-0.3, -0.25) is 0 Å². The zero-order valence-corrected chi connectivity index (χ0v) is 12.0. The van der Waals surface area contributed by atoms with Crippen LogP contribution in [-0.4, -0.2) is 19.3 Å². The largest absolute Gasteiger partial charge is 0.497 e. The molecule has 0 unspecified atom stereocenters. The van der Waals surface area contributed by atoms with Crippen molar-refractivity contribution in [3.05, 3.63) is 59.7 Å². The number of nitriles is 1. The van der Waals surface area contributed by atoms with E-state index in [1.165, 1.54) is 0 Å². The first-order valence-electron chi connectivity index (χ1n) is 6.52. The van der Waals surface area contributed by atoms with Crippen molar-refractivity contribution in [3.63, 3.8) is 0 Å². The highest BCUT2D eigenvalue weighted by Gasteiger charge is 2.31. The van der Waals surface area contributed by atoms with E-state index < -0.39 is 5.60 Å². The Morgan fingerprint density at radius 2 is 1.29 bits per heavy atom. The summed E-state index contributed by atoms with van der Waals surface area (Å²) in [6.07, 6.45) is -0.0361. The zero-order valence-electron chi connectivity index (χ0n) is 12.0. The minimum Gasteiger partial charge on any atom is -0.497 e. The molecule has 2 aromatic carbocycles. The first-order chi connectivity index (χ1) is 10.1. The molecule has 2 rings (SSSR count). The van der Waals surface area contributed by atoms with E-state index in [1.54, 1.807) is 62.8 Å². The summed E-state index contributed by atoms with van der Waals surface area (Å²) in [4.78, 5) is 0. The molecule has 0 spiro atoms. The summed E-state index contributed by atoms with van der Waals surface area (Å²) >= 11 is 0. The van der Waals surface area contributed by atoms with Gasteiger partial charge in [-0.05, 0) is 35.4 Å². The third-order valence-corrected chi connectivity index (χ3v) is 3.47. The first kappa shape index (κ1) is 14.9. The van der Waals surface area contributed by atoms with Crippen molar-refractivity contribution < 1.29 is 14.6 Å². The number of methoxy groups -OCH3 is 2. The molecule has 0 fully saturated rings. The molecule has 0 aliphatic rings. The number of aliphatic hydroxyl groups is 1. The number of hydrogen-bond acceptors (Lipinski definition) is 4. The lowest BCUT2D eigenvalue weighted by Crippen LogP contribution is -2.26. The summed E-state index contributed by atoms with van der Waals surface area (Å²) < 4.78 is 10.2. The summed E-state index contributed by atoms with van der Waals surface area (Å²) in [6.45, 7) is 0. The lowest BCUT2D eigenvalue weighted by atomic mass is 9.84. The van der Waals surface area contributed by atoms with Crippen LogP contribution in [0.3, 0.4) is 0 Å². The molecule has 2 aromatic rings. The van der Waals surface area contributed by atoms with E-state index in [-0.39, 0.29) is 6.42 Å². The maximum Gasteiger partial charge on any atom is 0.128 e. The molecule has 0 saturated carbocycles. The molecule has 0 amide bonds. The van der Waals surface area contributed by atoms with Crippen LogP contribution in [0.1, 0.15) is 17.5 Å². The Labute approximate surface area is 124 Å². The molecule has 0 radical (unpaired) electrons. The van der Waals surface area contributed by atoms with Crippen molar-refractivity contribution in [2.75, 3.05) is 14.2 Å². The highest BCUT2D eigenvalue weighted by Crippen LogP contribution is 2.34. The van der Waals surface area contributed by atoms with Gasteiger partial charge in [-0.1, -0.05) is 24.3 Å². The van der Waals surface area contributed by atoms with Crippen LogP contribution in [-0.2, 0) is 5.60 Å². The molecule has 0 aliphatic carbocycles. The topological polar surface area (TPSA) is 62.5 Å². The van der Waals surface area contributed by atoms with Crippen LogP contribution < -0.4 is 9.47 Å². The van der Waals surface area contributed by atoms with Crippen LogP contribution in [0.25, 0.3) is 0 Å². The van der Waals surface area contributed by atoms with Crippen LogP contribution >= 0.6 is 0 Å². The molecule has 0 bridgehead atoms. The number of nitrogens with zero attached hydrogens (tertiary/aromatic N) is 1. The molecule has 0 aliphatic heterocycles. The average molecular weight is 283 g/mol. The van der Waals surface area contributed by atoms with Gasteiger partial charge < -0.3 is 14.6 Å². The van der Waals surface area contributed by atoms with Crippen LogP contribution in [0.15, 0.2) is 48.5 Å². The summed E-state index contributed by atoms with van der Waals surface area (Å²) in [7, 11) is 3.17. The van der Waals surface area contributed by atoms with E-state index in [0.717, 1.165) is 0 Å². The van der Waals surface area contributed by atoms with Gasteiger partial charge in [0.25, 0.3) is 0 Å². The highest BCUT2D eigenvalue weighted by atomic mass is 16.5. The number of rotatable bonds is 5. The maximum absolute atomic E-state index is 11.0. The second kappa shape index (κ2) is 6.29. The van der Waals surface area contributed by atoms with E-state index in [2.05, 4.69) is 0 Å². The first-order valence-corrected chi connectivity index (χ1v) is 6.52. The monoisotopic (exact) mass is 283 g/mol. The Morgan fingerprint density at radius 1 is 0.905 bits per heavy atom. The Morgan fingerprint density at radius 3 is 1.57 bits per heavy atom. The molecular formula is C17H17NO3. The average Bonchev–Trinajstić information content (AvgIpc) is 2.55. The van der Waals surface area contributed by atoms with Crippen LogP contribution in [0.2, 0.25) is 0 Å². The van der Waals surface area contributed by atoms with Gasteiger partial charge in [0.2, 0.25) is 0 Å². The normalized spacial score (nSPS) is 10.8. The lowest BCUT2D eigenvalue weighted by Gasteiger charge is -2.27. The van der Waals surface area contributed by atoms with Crippen molar-refractivity contribution in [2.45, 2.75) is 12.0 Å². The third kappa shape index (κ3) is 2.99. The smallest absolute Gasteiger partial charge is 0.128 e. The fourth-order valence-corrected chi connectivity index (χ4v) is 2.22. The van der Waals surface area contributed by atoms with Crippen molar-refractivity contribution in [1.82, 2.24) is 0 Å². The van der Waals surface area contributed by atoms with Gasteiger partial charge in [-0.15, -0.1) is 0 Å². The van der Waals surface area contributed by atoms with Crippen molar-refractivity contribution in [1.29, 1.82) is 5.26 Å². The van der Waals surface area contributed by atoms with Gasteiger partial charge in [-0.25, -0.2) is 0 Å². The lowest BCUT2D eigenvalue weighted by molar-refractivity contribution is 0.0859. The van der Waals surface area contributed by atoms with E-state index in [1.807, 2.05) is 6.07 Å². The molecule has 108 valence electrons. The van der Waals surface area contributed by atoms with Gasteiger partial charge in [0.05, 0.1) is 26.7 Å². The predicted molar refractivity (Wildman–Crippen MR) is 79.2 cm³/mol. The Hall–Kier alpha value is -2.51. The van der Waals surface area contributed by atoms with Gasteiger partial charge in [-0.2, -0.15) is 5.26 Å². The quantitative estimate of drug-likeness (QED) is 0.916. The Bertz CT molecular complexity index is 579. The number of benzene rings is 2. The van der Waals surface area contributed by atoms with E-state index >= 15 is 0 Å². The van der Waals surface area contributed by atoms with E-state index in [0.29, 0.717) is 22.6 Å². The van der Waals surface area contributed by atoms with Gasteiger partial charge >= 0.3 is 0 Å². The van der Waals surface area contributed by atoms with Crippen LogP contribution in [0, 0.1) is 11.3 Å². The maximum atomic E-state index is 11.0. The minimum atomic E-state index is -1.35. The predicted octanol–water partition coefficient (Wildman–Crippen LogP) is 2.85. The fourth-order valence-electron chi connectivity index (χ4n) is 2.22. The van der Waals surface area contributed by atoms with Gasteiger partial charge in [0, 0.05) is 0 Å². The van der Waals surface area contributed by atoms with E-state index in [4.69, 9.17) is 14.7 Å². The molecular weight excluding hydrogens is 266 g/mol. The van der Waals surface area contributed by atoms with Crippen LogP contribution in [0.5, 0.6) is 11.5 Å². The number of ether oxygens (including phenoxy) is 2.